The smallest absolute Gasteiger partial charge is 0.394 e. The summed E-state index contributed by atoms with van der Waals surface area (Å²) in [6.07, 6.45) is 0.437. The standard InChI is InChI=1S/C24H23ClF3N5O3S/c1-13(5-19(35)18-8-22(32-12-31-18)33-4-2-3-15(33)11-34)23-30-10-21(37-23)20(36)7-14-6-16(24(26,27)28)17(25)9-29-14/h6,8-10,12-13,15,34H,2-5,7,11H2,1H3/t13-,15-/m0/s1. The van der Waals surface area contributed by atoms with Gasteiger partial charge in [-0.25, -0.2) is 15.0 Å². The second-order valence-electron chi connectivity index (χ2n) is 8.78. The molecule has 3 aromatic rings. The SMILES string of the molecule is C[C@@H](CC(=O)c1cc(N2CCC[C@H]2CO)ncn1)c1ncc(C(=O)Cc2cc(C(F)(F)F)c(Cl)cn2)s1. The Hall–Kier alpha value is -2.96. The van der Waals surface area contributed by atoms with Gasteiger partial charge in [0.05, 0.1) is 39.5 Å². The first kappa shape index (κ1) is 27.1. The number of aromatic nitrogens is 4. The summed E-state index contributed by atoms with van der Waals surface area (Å²) >= 11 is 6.68. The van der Waals surface area contributed by atoms with Crippen LogP contribution in [0.5, 0.6) is 0 Å². The van der Waals surface area contributed by atoms with E-state index in [0.29, 0.717) is 10.8 Å². The van der Waals surface area contributed by atoms with E-state index in [1.165, 1.54) is 12.5 Å². The maximum Gasteiger partial charge on any atom is 0.417 e. The number of carbonyl (C=O) groups is 2. The molecule has 0 amide bonds. The Balaban J connectivity index is 1.41. The average molecular weight is 554 g/mol. The summed E-state index contributed by atoms with van der Waals surface area (Å²) in [7, 11) is 0. The number of anilines is 1. The van der Waals surface area contributed by atoms with Gasteiger partial charge in [0.25, 0.3) is 0 Å². The van der Waals surface area contributed by atoms with E-state index >= 15 is 0 Å². The van der Waals surface area contributed by atoms with Gasteiger partial charge in [0.15, 0.2) is 11.6 Å². The van der Waals surface area contributed by atoms with Gasteiger partial charge in [-0.15, -0.1) is 11.3 Å². The monoisotopic (exact) mass is 553 g/mol. The molecule has 196 valence electrons. The van der Waals surface area contributed by atoms with Crippen LogP contribution in [0.4, 0.5) is 19.0 Å². The molecule has 0 aromatic carbocycles. The third-order valence-corrected chi connectivity index (χ3v) is 7.66. The molecular weight excluding hydrogens is 531 g/mol. The Morgan fingerprint density at radius 2 is 1.97 bits per heavy atom. The van der Waals surface area contributed by atoms with Gasteiger partial charge in [-0.2, -0.15) is 13.2 Å². The van der Waals surface area contributed by atoms with Crippen molar-refractivity contribution in [1.82, 2.24) is 19.9 Å². The Labute approximate surface area is 219 Å². The Bertz CT molecular complexity index is 1300. The van der Waals surface area contributed by atoms with Crippen LogP contribution in [0.2, 0.25) is 5.02 Å². The molecule has 0 unspecified atom stereocenters. The van der Waals surface area contributed by atoms with E-state index in [2.05, 4.69) is 19.9 Å². The quantitative estimate of drug-likeness (QED) is 0.378. The zero-order valence-corrected chi connectivity index (χ0v) is 21.3. The lowest BCUT2D eigenvalue weighted by atomic mass is 10.0. The fraction of sp³-hybridized carbons (Fsp3) is 0.417. The normalized spacial score (nSPS) is 16.7. The lowest BCUT2D eigenvalue weighted by Crippen LogP contribution is -2.32. The topological polar surface area (TPSA) is 109 Å². The molecule has 1 aliphatic rings. The minimum Gasteiger partial charge on any atom is -0.394 e. The number of hydrogen-bond donors (Lipinski definition) is 1. The molecule has 1 fully saturated rings. The maximum atomic E-state index is 13.1. The highest BCUT2D eigenvalue weighted by Crippen LogP contribution is 2.35. The van der Waals surface area contributed by atoms with Crippen molar-refractivity contribution in [3.05, 3.63) is 62.7 Å². The molecule has 13 heteroatoms. The van der Waals surface area contributed by atoms with Crippen LogP contribution in [0.25, 0.3) is 0 Å². The van der Waals surface area contributed by atoms with E-state index in [9.17, 15) is 27.9 Å². The molecule has 1 saturated heterocycles. The highest BCUT2D eigenvalue weighted by molar-refractivity contribution is 7.13. The molecule has 2 atom stereocenters. The number of halogens is 4. The summed E-state index contributed by atoms with van der Waals surface area (Å²) in [5, 5.41) is 9.58. The molecule has 8 nitrogen and oxygen atoms in total. The summed E-state index contributed by atoms with van der Waals surface area (Å²) in [6, 6.07) is 2.35. The molecule has 0 spiro atoms. The lowest BCUT2D eigenvalue weighted by Gasteiger charge is -2.24. The number of thiazole rings is 1. The van der Waals surface area contributed by atoms with Gasteiger partial charge in [-0.1, -0.05) is 18.5 Å². The van der Waals surface area contributed by atoms with E-state index < -0.39 is 22.5 Å². The van der Waals surface area contributed by atoms with Gasteiger partial charge < -0.3 is 10.0 Å². The van der Waals surface area contributed by atoms with Gasteiger partial charge in [0.1, 0.15) is 17.8 Å². The van der Waals surface area contributed by atoms with Crippen LogP contribution in [0.15, 0.2) is 30.9 Å². The molecule has 0 radical (unpaired) electrons. The number of alkyl halides is 3. The van der Waals surface area contributed by atoms with E-state index in [1.807, 2.05) is 4.90 Å². The molecule has 3 aromatic heterocycles. The van der Waals surface area contributed by atoms with Crippen LogP contribution < -0.4 is 4.90 Å². The van der Waals surface area contributed by atoms with Gasteiger partial charge in [0, 0.05) is 43.0 Å². The summed E-state index contributed by atoms with van der Waals surface area (Å²) < 4.78 is 39.3. The summed E-state index contributed by atoms with van der Waals surface area (Å²) in [6.45, 7) is 2.55. The van der Waals surface area contributed by atoms with Crippen molar-refractivity contribution in [1.29, 1.82) is 0 Å². The zero-order valence-electron chi connectivity index (χ0n) is 19.7. The van der Waals surface area contributed by atoms with E-state index in [0.717, 1.165) is 43.0 Å². The number of Topliss-reactive ketones (excluding diaryl/α,β-unsaturated/α-hetero) is 2. The number of pyridine rings is 1. The molecule has 4 heterocycles. The van der Waals surface area contributed by atoms with Crippen molar-refractivity contribution in [2.24, 2.45) is 0 Å². The number of aliphatic hydroxyl groups is 1. The Morgan fingerprint density at radius 1 is 1.19 bits per heavy atom. The first-order chi connectivity index (χ1) is 17.6. The predicted molar refractivity (Wildman–Crippen MR) is 131 cm³/mol. The zero-order chi connectivity index (χ0) is 26.7. The molecule has 0 bridgehead atoms. The minimum absolute atomic E-state index is 0.00693. The maximum absolute atomic E-state index is 13.1. The fourth-order valence-electron chi connectivity index (χ4n) is 4.15. The molecular formula is C24H23ClF3N5O3S. The molecule has 0 saturated carbocycles. The number of carbonyl (C=O) groups excluding carboxylic acids is 2. The number of rotatable bonds is 9. The lowest BCUT2D eigenvalue weighted by molar-refractivity contribution is -0.137. The van der Waals surface area contributed by atoms with Crippen LogP contribution in [0, 0.1) is 0 Å². The van der Waals surface area contributed by atoms with Gasteiger partial charge in [-0.05, 0) is 18.9 Å². The van der Waals surface area contributed by atoms with Gasteiger partial charge in [0.2, 0.25) is 0 Å². The number of hydrogen-bond acceptors (Lipinski definition) is 9. The molecule has 4 rings (SSSR count). The van der Waals surface area contributed by atoms with Crippen LogP contribution in [0.1, 0.15) is 68.5 Å². The van der Waals surface area contributed by atoms with Crippen LogP contribution in [-0.4, -0.2) is 55.8 Å². The highest BCUT2D eigenvalue weighted by Gasteiger charge is 2.34. The van der Waals surface area contributed by atoms with E-state index in [4.69, 9.17) is 11.6 Å². The molecule has 0 aliphatic carbocycles. The second kappa shape index (κ2) is 11.2. The van der Waals surface area contributed by atoms with Crippen LogP contribution >= 0.6 is 22.9 Å². The second-order valence-corrected chi connectivity index (χ2v) is 10.2. The Morgan fingerprint density at radius 3 is 2.70 bits per heavy atom. The molecule has 1 N–H and O–H groups in total. The number of nitrogens with zero attached hydrogens (tertiary/aromatic N) is 5. The Kier molecular flexibility index (Phi) is 8.20. The van der Waals surface area contributed by atoms with Crippen molar-refractivity contribution in [3.63, 3.8) is 0 Å². The van der Waals surface area contributed by atoms with Crippen molar-refractivity contribution >= 4 is 40.3 Å². The third-order valence-electron chi connectivity index (χ3n) is 6.09. The fourth-order valence-corrected chi connectivity index (χ4v) is 5.26. The van der Waals surface area contributed by atoms with Crippen LogP contribution in [0.3, 0.4) is 0 Å². The number of ketones is 2. The van der Waals surface area contributed by atoms with Crippen molar-refractivity contribution in [2.75, 3.05) is 18.1 Å². The minimum atomic E-state index is -4.66. The van der Waals surface area contributed by atoms with Crippen LogP contribution in [-0.2, 0) is 12.6 Å². The summed E-state index contributed by atoms with van der Waals surface area (Å²) in [5.41, 5.74) is -0.850. The molecule has 37 heavy (non-hydrogen) atoms. The largest absolute Gasteiger partial charge is 0.417 e. The first-order valence-corrected chi connectivity index (χ1v) is 12.7. The van der Waals surface area contributed by atoms with Gasteiger partial charge >= 0.3 is 6.18 Å². The average Bonchev–Trinajstić information content (AvgIpc) is 3.54. The summed E-state index contributed by atoms with van der Waals surface area (Å²) in [4.78, 5) is 44.2. The summed E-state index contributed by atoms with van der Waals surface area (Å²) in [5.74, 6) is -0.382. The number of aliphatic hydroxyl groups excluding tert-OH is 1. The van der Waals surface area contributed by atoms with Crippen molar-refractivity contribution in [2.45, 2.75) is 50.7 Å². The highest BCUT2D eigenvalue weighted by atomic mass is 35.5. The first-order valence-electron chi connectivity index (χ1n) is 11.5. The predicted octanol–water partition coefficient (Wildman–Crippen LogP) is 4.76. The van der Waals surface area contributed by atoms with E-state index in [1.54, 1.807) is 13.0 Å². The van der Waals surface area contributed by atoms with E-state index in [-0.39, 0.29) is 53.5 Å². The third kappa shape index (κ3) is 6.31. The van der Waals surface area contributed by atoms with Crippen molar-refractivity contribution in [3.8, 4) is 0 Å². The molecule has 1 aliphatic heterocycles. The van der Waals surface area contributed by atoms with Gasteiger partial charge in [-0.3, -0.25) is 14.6 Å². The van der Waals surface area contributed by atoms with Crippen molar-refractivity contribution < 1.29 is 27.9 Å².